The number of benzene rings is 1. The van der Waals surface area contributed by atoms with E-state index < -0.39 is 6.10 Å². The molecule has 2 atom stereocenters. The number of nitrogens with one attached hydrogen (secondary N) is 1. The molecule has 18 heavy (non-hydrogen) atoms. The van der Waals surface area contributed by atoms with Crippen molar-refractivity contribution in [2.75, 3.05) is 13.7 Å². The Morgan fingerprint density at radius 3 is 2.39 bits per heavy atom. The number of nitrogens with two attached hydrogens (primary N) is 1. The minimum Gasteiger partial charge on any atom is -0.370 e. The van der Waals surface area contributed by atoms with Crippen LogP contribution in [0.4, 0.5) is 0 Å². The summed E-state index contributed by atoms with van der Waals surface area (Å²) in [6.07, 6.45) is -0.588. The van der Waals surface area contributed by atoms with Crippen molar-refractivity contribution < 1.29 is 9.53 Å². The van der Waals surface area contributed by atoms with Crippen LogP contribution in [0.3, 0.4) is 0 Å². The maximum atomic E-state index is 12.0. The van der Waals surface area contributed by atoms with Gasteiger partial charge in [-0.15, -0.1) is 0 Å². The lowest BCUT2D eigenvalue weighted by Crippen LogP contribution is -2.43. The first-order chi connectivity index (χ1) is 8.60. The van der Waals surface area contributed by atoms with E-state index in [-0.39, 0.29) is 18.5 Å². The lowest BCUT2D eigenvalue weighted by atomic mass is 9.96. The van der Waals surface area contributed by atoms with Crippen LogP contribution >= 0.6 is 0 Å². The molecule has 3 N–H and O–H groups in total. The van der Waals surface area contributed by atoms with E-state index >= 15 is 0 Å². The number of carbonyl (C=O) groups excluding carboxylic acids is 1. The van der Waals surface area contributed by atoms with Crippen LogP contribution in [0, 0.1) is 5.92 Å². The molecule has 1 rings (SSSR count). The van der Waals surface area contributed by atoms with E-state index in [0.717, 1.165) is 5.56 Å². The van der Waals surface area contributed by atoms with Crippen molar-refractivity contribution in [2.45, 2.75) is 26.0 Å². The monoisotopic (exact) mass is 250 g/mol. The topological polar surface area (TPSA) is 64.3 Å². The first-order valence-corrected chi connectivity index (χ1v) is 6.18. The van der Waals surface area contributed by atoms with Gasteiger partial charge in [-0.3, -0.25) is 4.79 Å². The Morgan fingerprint density at radius 2 is 1.94 bits per heavy atom. The summed E-state index contributed by atoms with van der Waals surface area (Å²) in [6, 6.07) is 9.88. The van der Waals surface area contributed by atoms with Crippen LogP contribution in [0.2, 0.25) is 0 Å². The van der Waals surface area contributed by atoms with Crippen molar-refractivity contribution >= 4 is 5.91 Å². The lowest BCUT2D eigenvalue weighted by molar-refractivity contribution is -0.131. The largest absolute Gasteiger partial charge is 0.370 e. The van der Waals surface area contributed by atoms with E-state index in [4.69, 9.17) is 10.5 Å². The molecule has 0 aliphatic rings. The Kier molecular flexibility index (Phi) is 5.82. The molecule has 4 nitrogen and oxygen atoms in total. The molecule has 1 aromatic rings. The Labute approximate surface area is 109 Å². The van der Waals surface area contributed by atoms with Crippen LogP contribution in [-0.4, -0.2) is 25.7 Å². The van der Waals surface area contributed by atoms with E-state index in [0.29, 0.717) is 5.92 Å². The number of carbonyl (C=O) groups is 1. The van der Waals surface area contributed by atoms with Crippen molar-refractivity contribution in [3.63, 3.8) is 0 Å². The van der Waals surface area contributed by atoms with Gasteiger partial charge in [-0.05, 0) is 11.5 Å². The quantitative estimate of drug-likeness (QED) is 0.803. The average molecular weight is 250 g/mol. The predicted octanol–water partition coefficient (Wildman–Crippen LogP) is 1.47. The van der Waals surface area contributed by atoms with Gasteiger partial charge in [0.1, 0.15) is 6.10 Å². The third-order valence-corrected chi connectivity index (χ3v) is 2.91. The summed E-state index contributed by atoms with van der Waals surface area (Å²) in [7, 11) is 1.49. The molecule has 0 heterocycles. The third-order valence-electron chi connectivity index (χ3n) is 2.91. The van der Waals surface area contributed by atoms with Crippen LogP contribution in [0.25, 0.3) is 0 Å². The van der Waals surface area contributed by atoms with Gasteiger partial charge < -0.3 is 15.8 Å². The van der Waals surface area contributed by atoms with Crippen molar-refractivity contribution in [1.29, 1.82) is 0 Å². The zero-order valence-electron chi connectivity index (χ0n) is 11.2. The number of ether oxygens (including phenoxy) is 1. The second kappa shape index (κ2) is 7.13. The Balaban J connectivity index is 2.79. The van der Waals surface area contributed by atoms with Gasteiger partial charge in [-0.2, -0.15) is 0 Å². The SMILES string of the molecule is COC(CN)C(=O)NC(c1ccccc1)C(C)C. The zero-order chi connectivity index (χ0) is 13.5. The summed E-state index contributed by atoms with van der Waals surface area (Å²) in [6.45, 7) is 4.33. The molecular formula is C14H22N2O2. The molecule has 0 saturated carbocycles. The molecule has 1 amide bonds. The minimum atomic E-state index is -0.588. The summed E-state index contributed by atoms with van der Waals surface area (Å²) in [5, 5.41) is 2.99. The number of amides is 1. The molecule has 0 aliphatic heterocycles. The predicted molar refractivity (Wildman–Crippen MR) is 72.0 cm³/mol. The first kappa shape index (κ1) is 14.7. The number of methoxy groups -OCH3 is 1. The maximum absolute atomic E-state index is 12.0. The van der Waals surface area contributed by atoms with Gasteiger partial charge in [0.15, 0.2) is 0 Å². The van der Waals surface area contributed by atoms with E-state index in [2.05, 4.69) is 19.2 Å². The van der Waals surface area contributed by atoms with Crippen LogP contribution in [-0.2, 0) is 9.53 Å². The molecular weight excluding hydrogens is 228 g/mol. The zero-order valence-corrected chi connectivity index (χ0v) is 11.2. The number of hydrogen-bond acceptors (Lipinski definition) is 3. The van der Waals surface area contributed by atoms with Gasteiger partial charge in [0.05, 0.1) is 6.04 Å². The third kappa shape index (κ3) is 3.82. The van der Waals surface area contributed by atoms with E-state index in [1.807, 2.05) is 30.3 Å². The second-order valence-corrected chi connectivity index (χ2v) is 4.60. The molecule has 4 heteroatoms. The highest BCUT2D eigenvalue weighted by Gasteiger charge is 2.22. The van der Waals surface area contributed by atoms with Crippen molar-refractivity contribution in [1.82, 2.24) is 5.32 Å². The molecule has 0 radical (unpaired) electrons. The summed E-state index contributed by atoms with van der Waals surface area (Å²) in [5.41, 5.74) is 6.58. The number of rotatable bonds is 6. The fourth-order valence-electron chi connectivity index (χ4n) is 1.85. The van der Waals surface area contributed by atoms with Crippen LogP contribution in [0.1, 0.15) is 25.5 Å². The molecule has 2 unspecified atom stereocenters. The molecule has 0 saturated heterocycles. The van der Waals surface area contributed by atoms with Crippen LogP contribution in [0.5, 0.6) is 0 Å². The summed E-state index contributed by atoms with van der Waals surface area (Å²) >= 11 is 0. The summed E-state index contributed by atoms with van der Waals surface area (Å²) < 4.78 is 5.04. The van der Waals surface area contributed by atoms with Crippen molar-refractivity contribution in [2.24, 2.45) is 11.7 Å². The standard InChI is InChI=1S/C14H22N2O2/c1-10(2)13(11-7-5-4-6-8-11)16-14(17)12(9-15)18-3/h4-8,10,12-13H,9,15H2,1-3H3,(H,16,17). The number of hydrogen-bond donors (Lipinski definition) is 2. The Morgan fingerprint density at radius 1 is 1.33 bits per heavy atom. The van der Waals surface area contributed by atoms with E-state index in [1.165, 1.54) is 7.11 Å². The van der Waals surface area contributed by atoms with Gasteiger partial charge >= 0.3 is 0 Å². The van der Waals surface area contributed by atoms with E-state index in [1.54, 1.807) is 0 Å². The molecule has 1 aromatic carbocycles. The van der Waals surface area contributed by atoms with Crippen molar-refractivity contribution in [3.8, 4) is 0 Å². The van der Waals surface area contributed by atoms with Gasteiger partial charge in [0.2, 0.25) is 0 Å². The first-order valence-electron chi connectivity index (χ1n) is 6.18. The van der Waals surface area contributed by atoms with Crippen LogP contribution < -0.4 is 11.1 Å². The normalized spacial score (nSPS) is 14.3. The fraction of sp³-hybridized carbons (Fsp3) is 0.500. The minimum absolute atomic E-state index is 0.0251. The van der Waals surface area contributed by atoms with Crippen LogP contribution in [0.15, 0.2) is 30.3 Å². The highest BCUT2D eigenvalue weighted by molar-refractivity contribution is 5.81. The Hall–Kier alpha value is -1.39. The van der Waals surface area contributed by atoms with Gasteiger partial charge in [-0.1, -0.05) is 44.2 Å². The smallest absolute Gasteiger partial charge is 0.250 e. The summed E-state index contributed by atoms with van der Waals surface area (Å²) in [4.78, 5) is 12.0. The van der Waals surface area contributed by atoms with Gasteiger partial charge in [0, 0.05) is 13.7 Å². The van der Waals surface area contributed by atoms with Crippen molar-refractivity contribution in [3.05, 3.63) is 35.9 Å². The average Bonchev–Trinajstić information content (AvgIpc) is 2.38. The maximum Gasteiger partial charge on any atom is 0.250 e. The molecule has 0 aromatic heterocycles. The van der Waals surface area contributed by atoms with Gasteiger partial charge in [-0.25, -0.2) is 0 Å². The molecule has 0 aliphatic carbocycles. The fourth-order valence-corrected chi connectivity index (χ4v) is 1.85. The summed E-state index contributed by atoms with van der Waals surface area (Å²) in [5.74, 6) is 0.134. The lowest BCUT2D eigenvalue weighted by Gasteiger charge is -2.25. The van der Waals surface area contributed by atoms with E-state index in [9.17, 15) is 4.79 Å². The Bertz CT molecular complexity index is 361. The molecule has 100 valence electrons. The highest BCUT2D eigenvalue weighted by Crippen LogP contribution is 2.21. The van der Waals surface area contributed by atoms with Gasteiger partial charge in [0.25, 0.3) is 5.91 Å². The molecule has 0 spiro atoms. The second-order valence-electron chi connectivity index (χ2n) is 4.60. The highest BCUT2D eigenvalue weighted by atomic mass is 16.5. The molecule has 0 bridgehead atoms. The molecule has 0 fully saturated rings.